The van der Waals surface area contributed by atoms with Gasteiger partial charge in [-0.3, -0.25) is 4.90 Å². The summed E-state index contributed by atoms with van der Waals surface area (Å²) in [6.07, 6.45) is -1.22. The third-order valence-corrected chi connectivity index (χ3v) is 2.49. The van der Waals surface area contributed by atoms with Gasteiger partial charge in [-0.25, -0.2) is 8.78 Å². The van der Waals surface area contributed by atoms with E-state index in [0.29, 0.717) is 12.6 Å². The standard InChI is InChI=1S/C9H18F2N2O.ClH/c1-13(8-2-3-12-6-8)4-5-14-7-9(10)11;/h8-9,12H,2-7H2,1H3;1H. The molecule has 1 atom stereocenters. The Labute approximate surface area is 95.6 Å². The highest BCUT2D eigenvalue weighted by atomic mass is 35.5. The normalized spacial score (nSPS) is 21.0. The molecule has 0 bridgehead atoms. The Balaban J connectivity index is 0.00000196. The van der Waals surface area contributed by atoms with Crippen LogP contribution < -0.4 is 5.32 Å². The molecule has 0 spiro atoms. The van der Waals surface area contributed by atoms with E-state index < -0.39 is 13.0 Å². The highest BCUT2D eigenvalue weighted by Gasteiger charge is 2.18. The van der Waals surface area contributed by atoms with Gasteiger partial charge in [-0.15, -0.1) is 12.4 Å². The van der Waals surface area contributed by atoms with Crippen LogP contribution in [0.5, 0.6) is 0 Å². The number of halogens is 3. The van der Waals surface area contributed by atoms with Crippen molar-refractivity contribution in [1.29, 1.82) is 0 Å². The first-order chi connectivity index (χ1) is 6.70. The van der Waals surface area contributed by atoms with Crippen molar-refractivity contribution in [2.45, 2.75) is 18.9 Å². The molecule has 15 heavy (non-hydrogen) atoms. The Morgan fingerprint density at radius 1 is 1.53 bits per heavy atom. The summed E-state index contributed by atoms with van der Waals surface area (Å²) >= 11 is 0. The van der Waals surface area contributed by atoms with Gasteiger partial charge in [-0.1, -0.05) is 0 Å². The molecule has 1 aliphatic heterocycles. The average molecular weight is 245 g/mol. The zero-order valence-electron chi connectivity index (χ0n) is 8.92. The minimum Gasteiger partial charge on any atom is -0.374 e. The summed E-state index contributed by atoms with van der Waals surface area (Å²) in [4.78, 5) is 2.16. The minimum absolute atomic E-state index is 0. The number of nitrogens with one attached hydrogen (secondary N) is 1. The van der Waals surface area contributed by atoms with Crippen molar-refractivity contribution in [2.24, 2.45) is 0 Å². The van der Waals surface area contributed by atoms with E-state index >= 15 is 0 Å². The van der Waals surface area contributed by atoms with Crippen LogP contribution >= 0.6 is 12.4 Å². The van der Waals surface area contributed by atoms with Gasteiger partial charge in [0, 0.05) is 19.1 Å². The van der Waals surface area contributed by atoms with Gasteiger partial charge in [0.25, 0.3) is 6.43 Å². The van der Waals surface area contributed by atoms with E-state index in [4.69, 9.17) is 4.74 Å². The lowest BCUT2D eigenvalue weighted by atomic mass is 10.2. The topological polar surface area (TPSA) is 24.5 Å². The van der Waals surface area contributed by atoms with E-state index in [-0.39, 0.29) is 12.4 Å². The van der Waals surface area contributed by atoms with Gasteiger partial charge in [-0.05, 0) is 20.0 Å². The van der Waals surface area contributed by atoms with Crippen LogP contribution in [0.3, 0.4) is 0 Å². The number of hydrogen-bond acceptors (Lipinski definition) is 3. The Morgan fingerprint density at radius 3 is 2.80 bits per heavy atom. The Hall–Kier alpha value is 0.0300. The number of nitrogens with zero attached hydrogens (tertiary/aromatic N) is 1. The highest BCUT2D eigenvalue weighted by Crippen LogP contribution is 2.05. The zero-order chi connectivity index (χ0) is 10.4. The van der Waals surface area contributed by atoms with E-state index in [0.717, 1.165) is 26.1 Å². The molecule has 3 nitrogen and oxygen atoms in total. The number of rotatable bonds is 6. The van der Waals surface area contributed by atoms with Crippen LogP contribution in [0.4, 0.5) is 8.78 Å². The molecule has 0 aliphatic carbocycles. The second kappa shape index (κ2) is 8.21. The van der Waals surface area contributed by atoms with Crippen LogP contribution in [-0.2, 0) is 4.74 Å². The van der Waals surface area contributed by atoms with Crippen LogP contribution in [0.15, 0.2) is 0 Å². The van der Waals surface area contributed by atoms with Gasteiger partial charge in [-0.2, -0.15) is 0 Å². The minimum atomic E-state index is -2.35. The Bertz CT molecular complexity index is 157. The molecule has 92 valence electrons. The summed E-state index contributed by atoms with van der Waals surface area (Å²) in [7, 11) is 2.00. The molecule has 0 radical (unpaired) electrons. The van der Waals surface area contributed by atoms with Gasteiger partial charge < -0.3 is 10.1 Å². The average Bonchev–Trinajstić information content (AvgIpc) is 2.64. The maximum absolute atomic E-state index is 11.7. The van der Waals surface area contributed by atoms with Crippen molar-refractivity contribution >= 4 is 12.4 Å². The van der Waals surface area contributed by atoms with Gasteiger partial charge in [0.1, 0.15) is 6.61 Å². The van der Waals surface area contributed by atoms with Crippen molar-refractivity contribution in [3.05, 3.63) is 0 Å². The molecule has 0 amide bonds. The van der Waals surface area contributed by atoms with E-state index in [2.05, 4.69) is 10.2 Å². The quantitative estimate of drug-likeness (QED) is 0.705. The number of likely N-dealkylation sites (N-methyl/N-ethyl adjacent to an activating group) is 1. The summed E-state index contributed by atoms with van der Waals surface area (Å²) in [5.41, 5.74) is 0. The fourth-order valence-electron chi connectivity index (χ4n) is 1.58. The lowest BCUT2D eigenvalue weighted by Gasteiger charge is -2.22. The lowest BCUT2D eigenvalue weighted by Crippen LogP contribution is -2.36. The summed E-state index contributed by atoms with van der Waals surface area (Å²) in [6, 6.07) is 0.533. The van der Waals surface area contributed by atoms with E-state index in [9.17, 15) is 8.78 Å². The summed E-state index contributed by atoms with van der Waals surface area (Å²) in [5, 5.41) is 3.26. The molecule has 1 N–H and O–H groups in total. The molecular formula is C9H19ClF2N2O. The van der Waals surface area contributed by atoms with Gasteiger partial charge in [0.2, 0.25) is 0 Å². The Morgan fingerprint density at radius 2 is 2.27 bits per heavy atom. The van der Waals surface area contributed by atoms with Crippen molar-refractivity contribution in [2.75, 3.05) is 39.9 Å². The van der Waals surface area contributed by atoms with Gasteiger partial charge in [0.15, 0.2) is 0 Å². The molecule has 1 unspecified atom stereocenters. The van der Waals surface area contributed by atoms with Crippen LogP contribution in [0.25, 0.3) is 0 Å². The molecular weight excluding hydrogens is 226 g/mol. The molecule has 0 aromatic carbocycles. The predicted octanol–water partition coefficient (Wildman–Crippen LogP) is 0.984. The van der Waals surface area contributed by atoms with E-state index in [1.807, 2.05) is 7.05 Å². The van der Waals surface area contributed by atoms with Crippen LogP contribution in [-0.4, -0.2) is 57.3 Å². The van der Waals surface area contributed by atoms with E-state index in [1.54, 1.807) is 0 Å². The van der Waals surface area contributed by atoms with E-state index in [1.165, 1.54) is 0 Å². The second-order valence-electron chi connectivity index (χ2n) is 3.59. The summed E-state index contributed by atoms with van der Waals surface area (Å²) < 4.78 is 28.2. The smallest absolute Gasteiger partial charge is 0.261 e. The summed E-state index contributed by atoms with van der Waals surface area (Å²) in [6.45, 7) is 2.70. The third-order valence-electron chi connectivity index (χ3n) is 2.49. The molecule has 6 heteroatoms. The Kier molecular flexibility index (Phi) is 8.23. The fraction of sp³-hybridized carbons (Fsp3) is 1.00. The van der Waals surface area contributed by atoms with Crippen LogP contribution in [0, 0.1) is 0 Å². The number of ether oxygens (including phenoxy) is 1. The van der Waals surface area contributed by atoms with Gasteiger partial charge >= 0.3 is 0 Å². The zero-order valence-corrected chi connectivity index (χ0v) is 9.73. The second-order valence-corrected chi connectivity index (χ2v) is 3.59. The molecule has 1 rings (SSSR count). The monoisotopic (exact) mass is 244 g/mol. The lowest BCUT2D eigenvalue weighted by molar-refractivity contribution is 0.00922. The molecule has 0 saturated carbocycles. The van der Waals surface area contributed by atoms with Crippen molar-refractivity contribution in [1.82, 2.24) is 10.2 Å². The van der Waals surface area contributed by atoms with Crippen molar-refractivity contribution < 1.29 is 13.5 Å². The third kappa shape index (κ3) is 6.25. The summed E-state index contributed by atoms with van der Waals surface area (Å²) in [5.74, 6) is 0. The molecule has 1 aliphatic rings. The maximum atomic E-state index is 11.7. The number of alkyl halides is 2. The highest BCUT2D eigenvalue weighted by molar-refractivity contribution is 5.85. The SMILES string of the molecule is CN(CCOCC(F)F)C1CCNC1.Cl. The molecule has 1 fully saturated rings. The van der Waals surface area contributed by atoms with Crippen LogP contribution in [0.2, 0.25) is 0 Å². The first-order valence-corrected chi connectivity index (χ1v) is 4.97. The fourth-order valence-corrected chi connectivity index (χ4v) is 1.58. The van der Waals surface area contributed by atoms with Gasteiger partial charge in [0.05, 0.1) is 6.61 Å². The molecule has 1 saturated heterocycles. The number of hydrogen-bond donors (Lipinski definition) is 1. The first kappa shape index (κ1) is 15.0. The molecule has 0 aromatic heterocycles. The largest absolute Gasteiger partial charge is 0.374 e. The molecule has 1 heterocycles. The maximum Gasteiger partial charge on any atom is 0.261 e. The molecule has 0 aromatic rings. The predicted molar refractivity (Wildman–Crippen MR) is 58.0 cm³/mol. The van der Waals surface area contributed by atoms with Crippen molar-refractivity contribution in [3.8, 4) is 0 Å². The van der Waals surface area contributed by atoms with Crippen molar-refractivity contribution in [3.63, 3.8) is 0 Å². The van der Waals surface area contributed by atoms with Crippen LogP contribution in [0.1, 0.15) is 6.42 Å². The first-order valence-electron chi connectivity index (χ1n) is 4.97.